The fraction of sp³-hybridized carbons (Fsp3) is 0.233. The Hall–Kier alpha value is -4.66. The van der Waals surface area contributed by atoms with Gasteiger partial charge in [0.05, 0.1) is 32.9 Å². The first kappa shape index (κ1) is 26.0. The Morgan fingerprint density at radius 3 is 2.46 bits per heavy atom. The standard InChI is InChI=1S/C30H28FN3O5/c1-33-28(18-7-9-20(31)10-8-18)21(22-6-5-13-32-29(22)33)11-12-27(35)34-16-19-14-25(37-2)26(38-3)15-23(19)24(17-34)30(36)39-4/h5-15,24H,16-17H2,1-4H3/b12-11+. The molecular weight excluding hydrogens is 501 g/mol. The summed E-state index contributed by atoms with van der Waals surface area (Å²) in [5.74, 6) is -0.700. The highest BCUT2D eigenvalue weighted by molar-refractivity contribution is 6.00. The number of aryl methyl sites for hydroxylation is 1. The summed E-state index contributed by atoms with van der Waals surface area (Å²) in [5, 5.41) is 0.858. The minimum absolute atomic E-state index is 0.153. The van der Waals surface area contributed by atoms with Gasteiger partial charge in [-0.15, -0.1) is 0 Å². The summed E-state index contributed by atoms with van der Waals surface area (Å²) in [6.07, 6.45) is 4.95. The second-order valence-corrected chi connectivity index (χ2v) is 9.24. The first-order chi connectivity index (χ1) is 18.9. The number of rotatable bonds is 6. The van der Waals surface area contributed by atoms with Crippen LogP contribution < -0.4 is 9.47 Å². The van der Waals surface area contributed by atoms with E-state index < -0.39 is 11.9 Å². The van der Waals surface area contributed by atoms with Gasteiger partial charge in [-0.05, 0) is 71.3 Å². The Labute approximate surface area is 225 Å². The van der Waals surface area contributed by atoms with E-state index in [1.54, 1.807) is 41.4 Å². The lowest BCUT2D eigenvalue weighted by Gasteiger charge is -2.33. The molecule has 1 amide bonds. The molecule has 1 aliphatic rings. The Morgan fingerprint density at radius 2 is 1.77 bits per heavy atom. The summed E-state index contributed by atoms with van der Waals surface area (Å²) < 4.78 is 31.5. The first-order valence-corrected chi connectivity index (χ1v) is 12.3. The number of esters is 1. The maximum atomic E-state index is 13.6. The third-order valence-electron chi connectivity index (χ3n) is 7.08. The molecule has 4 aromatic rings. The minimum Gasteiger partial charge on any atom is -0.493 e. The largest absolute Gasteiger partial charge is 0.493 e. The molecule has 2 aromatic carbocycles. The zero-order chi connectivity index (χ0) is 27.7. The van der Waals surface area contributed by atoms with Crippen molar-refractivity contribution < 1.29 is 28.2 Å². The number of carbonyl (C=O) groups is 2. The van der Waals surface area contributed by atoms with Crippen LogP contribution in [0.15, 0.2) is 60.8 Å². The van der Waals surface area contributed by atoms with E-state index in [2.05, 4.69) is 4.98 Å². The van der Waals surface area contributed by atoms with Crippen LogP contribution in [0.5, 0.6) is 11.5 Å². The highest BCUT2D eigenvalue weighted by Crippen LogP contribution is 2.38. The van der Waals surface area contributed by atoms with Crippen LogP contribution in [0.4, 0.5) is 4.39 Å². The molecule has 39 heavy (non-hydrogen) atoms. The number of carbonyl (C=O) groups excluding carboxylic acids is 2. The van der Waals surface area contributed by atoms with Gasteiger partial charge in [-0.2, -0.15) is 0 Å². The van der Waals surface area contributed by atoms with Gasteiger partial charge in [0, 0.05) is 43.4 Å². The smallest absolute Gasteiger partial charge is 0.314 e. The fourth-order valence-corrected chi connectivity index (χ4v) is 5.17. The number of fused-ring (bicyclic) bond motifs is 2. The van der Waals surface area contributed by atoms with Crippen LogP contribution >= 0.6 is 0 Å². The number of hydrogen-bond donors (Lipinski definition) is 0. The van der Waals surface area contributed by atoms with Crippen molar-refractivity contribution in [3.63, 3.8) is 0 Å². The average molecular weight is 530 g/mol. The van der Waals surface area contributed by atoms with Gasteiger partial charge in [0.2, 0.25) is 5.91 Å². The van der Waals surface area contributed by atoms with E-state index in [4.69, 9.17) is 14.2 Å². The molecule has 0 N–H and O–H groups in total. The third kappa shape index (κ3) is 4.71. The lowest BCUT2D eigenvalue weighted by molar-refractivity contribution is -0.144. The van der Waals surface area contributed by atoms with E-state index in [-0.39, 0.29) is 24.8 Å². The number of hydrogen-bond acceptors (Lipinski definition) is 6. The maximum Gasteiger partial charge on any atom is 0.314 e. The van der Waals surface area contributed by atoms with Gasteiger partial charge in [0.25, 0.3) is 0 Å². The number of pyridine rings is 1. The van der Waals surface area contributed by atoms with Gasteiger partial charge in [-0.25, -0.2) is 9.37 Å². The zero-order valence-corrected chi connectivity index (χ0v) is 22.1. The van der Waals surface area contributed by atoms with Crippen molar-refractivity contribution in [2.45, 2.75) is 12.5 Å². The third-order valence-corrected chi connectivity index (χ3v) is 7.08. The predicted octanol–water partition coefficient (Wildman–Crippen LogP) is 4.71. The van der Waals surface area contributed by atoms with Crippen LogP contribution in [0.1, 0.15) is 22.6 Å². The lowest BCUT2D eigenvalue weighted by Crippen LogP contribution is -2.40. The quantitative estimate of drug-likeness (QED) is 0.266. The lowest BCUT2D eigenvalue weighted by atomic mass is 9.89. The highest BCUT2D eigenvalue weighted by atomic mass is 19.1. The summed E-state index contributed by atoms with van der Waals surface area (Å²) in [6, 6.07) is 13.5. The molecule has 0 bridgehead atoms. The van der Waals surface area contributed by atoms with Crippen molar-refractivity contribution in [1.82, 2.24) is 14.5 Å². The van der Waals surface area contributed by atoms with E-state index in [1.807, 2.05) is 23.7 Å². The molecule has 1 aliphatic heterocycles. The molecule has 9 heteroatoms. The molecule has 1 unspecified atom stereocenters. The number of methoxy groups -OCH3 is 3. The molecule has 3 heterocycles. The van der Waals surface area contributed by atoms with Gasteiger partial charge in [0.1, 0.15) is 11.5 Å². The summed E-state index contributed by atoms with van der Waals surface area (Å²) in [4.78, 5) is 32.3. The molecule has 1 atom stereocenters. The van der Waals surface area contributed by atoms with E-state index in [0.717, 1.165) is 39.0 Å². The van der Waals surface area contributed by atoms with Crippen LogP contribution in [0.25, 0.3) is 28.4 Å². The Kier molecular flexibility index (Phi) is 7.06. The van der Waals surface area contributed by atoms with Crippen LogP contribution in [0, 0.1) is 5.82 Å². The van der Waals surface area contributed by atoms with Gasteiger partial charge in [0.15, 0.2) is 11.5 Å². The van der Waals surface area contributed by atoms with E-state index in [0.29, 0.717) is 11.5 Å². The molecule has 2 aromatic heterocycles. The first-order valence-electron chi connectivity index (χ1n) is 12.3. The van der Waals surface area contributed by atoms with Crippen LogP contribution in [-0.4, -0.2) is 54.2 Å². The van der Waals surface area contributed by atoms with Crippen LogP contribution in [0.2, 0.25) is 0 Å². The second kappa shape index (κ2) is 10.6. The topological polar surface area (TPSA) is 82.9 Å². The molecular formula is C30H28FN3O5. The Morgan fingerprint density at radius 1 is 1.05 bits per heavy atom. The number of nitrogens with zero attached hydrogens (tertiary/aromatic N) is 3. The molecule has 5 rings (SSSR count). The zero-order valence-electron chi connectivity index (χ0n) is 22.1. The van der Waals surface area contributed by atoms with E-state index >= 15 is 0 Å². The Bertz CT molecular complexity index is 1590. The number of amides is 1. The van der Waals surface area contributed by atoms with Gasteiger partial charge in [-0.1, -0.05) is 0 Å². The SMILES string of the molecule is COC(=O)C1CN(C(=O)/C=C/c2c(-c3ccc(F)cc3)n(C)c3ncccc23)Cc2cc(OC)c(OC)cc21. The molecule has 0 spiro atoms. The average Bonchev–Trinajstić information content (AvgIpc) is 3.25. The fourth-order valence-electron chi connectivity index (χ4n) is 5.17. The molecule has 0 saturated carbocycles. The maximum absolute atomic E-state index is 13.6. The molecule has 0 saturated heterocycles. The molecule has 0 aliphatic carbocycles. The van der Waals surface area contributed by atoms with Crippen LogP contribution in [0.3, 0.4) is 0 Å². The Balaban J connectivity index is 1.53. The number of ether oxygens (including phenoxy) is 3. The monoisotopic (exact) mass is 529 g/mol. The van der Waals surface area contributed by atoms with Crippen molar-refractivity contribution in [1.29, 1.82) is 0 Å². The predicted molar refractivity (Wildman–Crippen MR) is 145 cm³/mol. The number of benzene rings is 2. The van der Waals surface area contributed by atoms with E-state index in [1.165, 1.54) is 39.5 Å². The molecule has 200 valence electrons. The van der Waals surface area contributed by atoms with Crippen molar-refractivity contribution in [3.8, 4) is 22.8 Å². The van der Waals surface area contributed by atoms with Gasteiger partial charge in [-0.3, -0.25) is 9.59 Å². The van der Waals surface area contributed by atoms with Crippen molar-refractivity contribution in [2.75, 3.05) is 27.9 Å². The van der Waals surface area contributed by atoms with Gasteiger partial charge < -0.3 is 23.7 Å². The summed E-state index contributed by atoms with van der Waals surface area (Å²) in [6.45, 7) is 0.439. The minimum atomic E-state index is -0.674. The molecule has 8 nitrogen and oxygen atoms in total. The molecule has 0 radical (unpaired) electrons. The second-order valence-electron chi connectivity index (χ2n) is 9.24. The number of halogens is 1. The number of aromatic nitrogens is 2. The van der Waals surface area contributed by atoms with Crippen molar-refractivity contribution in [3.05, 3.63) is 83.3 Å². The van der Waals surface area contributed by atoms with Gasteiger partial charge >= 0.3 is 5.97 Å². The van der Waals surface area contributed by atoms with Crippen LogP contribution in [-0.2, 0) is 27.9 Å². The summed E-state index contributed by atoms with van der Waals surface area (Å²) in [5.41, 5.74) is 4.64. The van der Waals surface area contributed by atoms with Crippen molar-refractivity contribution in [2.24, 2.45) is 7.05 Å². The van der Waals surface area contributed by atoms with Crippen molar-refractivity contribution >= 4 is 29.0 Å². The highest BCUT2D eigenvalue weighted by Gasteiger charge is 2.34. The van der Waals surface area contributed by atoms with E-state index in [9.17, 15) is 14.0 Å². The molecule has 0 fully saturated rings. The summed E-state index contributed by atoms with van der Waals surface area (Å²) >= 11 is 0. The summed E-state index contributed by atoms with van der Waals surface area (Å²) in [7, 11) is 6.28. The normalized spacial score (nSPS) is 14.9.